The van der Waals surface area contributed by atoms with E-state index in [4.69, 9.17) is 11.6 Å². The van der Waals surface area contributed by atoms with Crippen molar-refractivity contribution >= 4 is 22.5 Å². The van der Waals surface area contributed by atoms with Gasteiger partial charge >= 0.3 is 0 Å². The van der Waals surface area contributed by atoms with Crippen LogP contribution in [0.4, 0.5) is 0 Å². The minimum Gasteiger partial charge on any atom is -0.313 e. The number of hydrogen-bond acceptors (Lipinski definition) is 3. The van der Waals surface area contributed by atoms with Crippen LogP contribution < -0.4 is 5.32 Å². The van der Waals surface area contributed by atoms with Gasteiger partial charge in [0.2, 0.25) is 0 Å². The molecule has 0 radical (unpaired) electrons. The smallest absolute Gasteiger partial charge is 0.154 e. The Morgan fingerprint density at radius 2 is 2.15 bits per heavy atom. The molecule has 3 rings (SSSR count). The van der Waals surface area contributed by atoms with E-state index in [1.54, 1.807) is 17.1 Å². The van der Waals surface area contributed by atoms with Gasteiger partial charge in [0.1, 0.15) is 0 Å². The minimum atomic E-state index is 0.605. The predicted octanol–water partition coefficient (Wildman–Crippen LogP) is 3.18. The summed E-state index contributed by atoms with van der Waals surface area (Å²) < 4.78 is 1.70. The van der Waals surface area contributed by atoms with E-state index in [-0.39, 0.29) is 0 Å². The van der Waals surface area contributed by atoms with Crippen LogP contribution in [-0.4, -0.2) is 21.3 Å². The van der Waals surface area contributed by atoms with Gasteiger partial charge in [0.05, 0.1) is 22.9 Å². The highest BCUT2D eigenvalue weighted by Gasteiger charge is 2.07. The van der Waals surface area contributed by atoms with Crippen molar-refractivity contribution in [1.82, 2.24) is 20.1 Å². The minimum absolute atomic E-state index is 0.605. The molecule has 0 fully saturated rings. The van der Waals surface area contributed by atoms with Gasteiger partial charge < -0.3 is 5.32 Å². The Hall–Kier alpha value is -1.91. The summed E-state index contributed by atoms with van der Waals surface area (Å²) in [7, 11) is 0. The first-order valence-corrected chi connectivity index (χ1v) is 6.95. The molecule has 2 aromatic heterocycles. The molecule has 4 nitrogen and oxygen atoms in total. The molecule has 0 amide bonds. The van der Waals surface area contributed by atoms with Crippen LogP contribution in [0.1, 0.15) is 12.5 Å². The highest BCUT2D eigenvalue weighted by atomic mass is 35.5. The number of hydrogen-bond donors (Lipinski definition) is 1. The number of aromatic nitrogens is 3. The zero-order chi connectivity index (χ0) is 13.9. The van der Waals surface area contributed by atoms with Gasteiger partial charge in [0.25, 0.3) is 0 Å². The number of halogens is 1. The Balaban J connectivity index is 2.14. The average molecular weight is 287 g/mol. The van der Waals surface area contributed by atoms with Crippen LogP contribution in [-0.2, 0) is 6.54 Å². The highest BCUT2D eigenvalue weighted by Crippen LogP contribution is 2.20. The monoisotopic (exact) mass is 286 g/mol. The number of pyridine rings is 1. The molecular formula is C15H15ClN4. The maximum absolute atomic E-state index is 5.93. The van der Waals surface area contributed by atoms with Gasteiger partial charge in [-0.15, -0.1) is 0 Å². The lowest BCUT2D eigenvalue weighted by Gasteiger charge is -2.10. The van der Waals surface area contributed by atoms with Crippen LogP contribution in [0, 0.1) is 0 Å². The van der Waals surface area contributed by atoms with Crippen LogP contribution in [0.25, 0.3) is 16.7 Å². The first-order valence-electron chi connectivity index (χ1n) is 6.58. The second-order valence-electron chi connectivity index (χ2n) is 4.54. The van der Waals surface area contributed by atoms with E-state index >= 15 is 0 Å². The van der Waals surface area contributed by atoms with E-state index in [0.717, 1.165) is 29.8 Å². The number of benzene rings is 1. The van der Waals surface area contributed by atoms with E-state index in [2.05, 4.69) is 28.4 Å². The van der Waals surface area contributed by atoms with Crippen LogP contribution in [0.15, 0.2) is 42.7 Å². The molecule has 2 heterocycles. The summed E-state index contributed by atoms with van der Waals surface area (Å²) in [6.07, 6.45) is 3.37. The number of fused-ring (bicyclic) bond motifs is 1. The molecule has 0 aliphatic heterocycles. The van der Waals surface area contributed by atoms with Crippen LogP contribution in [0.3, 0.4) is 0 Å². The van der Waals surface area contributed by atoms with Crippen molar-refractivity contribution in [3.63, 3.8) is 0 Å². The van der Waals surface area contributed by atoms with Crippen molar-refractivity contribution in [1.29, 1.82) is 0 Å². The summed E-state index contributed by atoms with van der Waals surface area (Å²) in [5.41, 5.74) is 2.17. The third-order valence-corrected chi connectivity index (χ3v) is 3.33. The van der Waals surface area contributed by atoms with Crippen LogP contribution in [0.2, 0.25) is 5.02 Å². The number of para-hydroxylation sites is 1. The molecule has 0 atom stereocenters. The molecule has 0 aliphatic rings. The Bertz CT molecular complexity index is 736. The summed E-state index contributed by atoms with van der Waals surface area (Å²) in [5, 5.41) is 9.34. The normalized spacial score (nSPS) is 11.1. The van der Waals surface area contributed by atoms with Gasteiger partial charge in [-0.05, 0) is 24.2 Å². The summed E-state index contributed by atoms with van der Waals surface area (Å²) in [6.45, 7) is 3.83. The van der Waals surface area contributed by atoms with Crippen molar-refractivity contribution in [2.24, 2.45) is 0 Å². The SMILES string of the molecule is CCNCc1cc(-n2cc(Cl)cn2)nc2ccccc12. The quantitative estimate of drug-likeness (QED) is 0.801. The van der Waals surface area contributed by atoms with Crippen molar-refractivity contribution in [2.45, 2.75) is 13.5 Å². The summed E-state index contributed by atoms with van der Waals surface area (Å²) in [4.78, 5) is 4.64. The lowest BCUT2D eigenvalue weighted by Crippen LogP contribution is -2.13. The predicted molar refractivity (Wildman–Crippen MR) is 81.3 cm³/mol. The standard InChI is InChI=1S/C15H15ClN4/c1-2-17-8-11-7-15(20-10-12(16)9-18-20)19-14-6-4-3-5-13(11)14/h3-7,9-10,17H,2,8H2,1H3. The zero-order valence-corrected chi connectivity index (χ0v) is 11.9. The van der Waals surface area contributed by atoms with E-state index < -0.39 is 0 Å². The Morgan fingerprint density at radius 1 is 1.30 bits per heavy atom. The van der Waals surface area contributed by atoms with Crippen molar-refractivity contribution in [3.05, 3.63) is 53.3 Å². The van der Waals surface area contributed by atoms with E-state index in [0.29, 0.717) is 5.02 Å². The van der Waals surface area contributed by atoms with E-state index in [1.165, 1.54) is 5.56 Å². The zero-order valence-electron chi connectivity index (χ0n) is 11.2. The van der Waals surface area contributed by atoms with Crippen molar-refractivity contribution in [3.8, 4) is 5.82 Å². The second kappa shape index (κ2) is 5.61. The highest BCUT2D eigenvalue weighted by molar-refractivity contribution is 6.30. The maximum atomic E-state index is 5.93. The second-order valence-corrected chi connectivity index (χ2v) is 4.98. The first kappa shape index (κ1) is 13.1. The Morgan fingerprint density at radius 3 is 2.90 bits per heavy atom. The summed E-state index contributed by atoms with van der Waals surface area (Å²) in [6, 6.07) is 10.2. The van der Waals surface area contributed by atoms with Crippen LogP contribution >= 0.6 is 11.6 Å². The summed E-state index contributed by atoms with van der Waals surface area (Å²) >= 11 is 5.93. The fraction of sp³-hybridized carbons (Fsp3) is 0.200. The van der Waals surface area contributed by atoms with Crippen molar-refractivity contribution < 1.29 is 0 Å². The Labute approximate surface area is 122 Å². The fourth-order valence-corrected chi connectivity index (χ4v) is 2.32. The van der Waals surface area contributed by atoms with Gasteiger partial charge in [0, 0.05) is 11.9 Å². The van der Waals surface area contributed by atoms with Gasteiger partial charge in [-0.3, -0.25) is 0 Å². The molecule has 0 unspecified atom stereocenters. The number of nitrogens with zero attached hydrogens (tertiary/aromatic N) is 3. The molecule has 1 N–H and O–H groups in total. The molecule has 0 aliphatic carbocycles. The number of nitrogens with one attached hydrogen (secondary N) is 1. The molecule has 0 bridgehead atoms. The van der Waals surface area contributed by atoms with Crippen LogP contribution in [0.5, 0.6) is 0 Å². The fourth-order valence-electron chi connectivity index (χ4n) is 2.18. The molecule has 3 aromatic rings. The largest absolute Gasteiger partial charge is 0.313 e. The third-order valence-electron chi connectivity index (χ3n) is 3.14. The molecule has 20 heavy (non-hydrogen) atoms. The molecular weight excluding hydrogens is 272 g/mol. The first-order chi connectivity index (χ1) is 9.78. The lowest BCUT2D eigenvalue weighted by atomic mass is 10.1. The Kier molecular flexibility index (Phi) is 3.67. The maximum Gasteiger partial charge on any atom is 0.154 e. The molecule has 5 heteroatoms. The molecule has 0 saturated carbocycles. The molecule has 102 valence electrons. The molecule has 0 spiro atoms. The van der Waals surface area contributed by atoms with Gasteiger partial charge in [0.15, 0.2) is 5.82 Å². The number of rotatable bonds is 4. The third kappa shape index (κ3) is 2.53. The van der Waals surface area contributed by atoms with Crippen molar-refractivity contribution in [2.75, 3.05) is 6.54 Å². The molecule has 1 aromatic carbocycles. The average Bonchev–Trinajstić information content (AvgIpc) is 2.91. The topological polar surface area (TPSA) is 42.7 Å². The lowest BCUT2D eigenvalue weighted by molar-refractivity contribution is 0.728. The van der Waals surface area contributed by atoms with Gasteiger partial charge in [-0.2, -0.15) is 5.10 Å². The van der Waals surface area contributed by atoms with E-state index in [1.807, 2.05) is 24.3 Å². The van der Waals surface area contributed by atoms with Gasteiger partial charge in [-0.25, -0.2) is 9.67 Å². The van der Waals surface area contributed by atoms with E-state index in [9.17, 15) is 0 Å². The summed E-state index contributed by atoms with van der Waals surface area (Å²) in [5.74, 6) is 0.781. The van der Waals surface area contributed by atoms with Gasteiger partial charge in [-0.1, -0.05) is 36.7 Å². The molecule has 0 saturated heterocycles.